The van der Waals surface area contributed by atoms with Gasteiger partial charge in [0.2, 0.25) is 0 Å². The quantitative estimate of drug-likeness (QED) is 0.740. The predicted octanol–water partition coefficient (Wildman–Crippen LogP) is 1.62. The fourth-order valence-electron chi connectivity index (χ4n) is 1.22. The van der Waals surface area contributed by atoms with E-state index in [0.29, 0.717) is 6.54 Å². The largest absolute Gasteiger partial charge is 0.388 e. The van der Waals surface area contributed by atoms with Crippen molar-refractivity contribution < 1.29 is 5.11 Å². The van der Waals surface area contributed by atoms with Gasteiger partial charge in [-0.3, -0.25) is 0 Å². The fourth-order valence-corrected chi connectivity index (χ4v) is 1.22. The van der Waals surface area contributed by atoms with Crippen LogP contribution >= 0.6 is 0 Å². The van der Waals surface area contributed by atoms with E-state index in [9.17, 15) is 5.11 Å². The number of benzene rings is 1. The van der Waals surface area contributed by atoms with Crippen LogP contribution in [0.2, 0.25) is 0 Å². The number of aliphatic hydroxyl groups is 1. The molecule has 0 radical (unpaired) electrons. The molecule has 0 aromatic heterocycles. The van der Waals surface area contributed by atoms with Gasteiger partial charge >= 0.3 is 0 Å². The summed E-state index contributed by atoms with van der Waals surface area (Å²) in [4.78, 5) is 0. The number of nitrogens with two attached hydrogens (primary N) is 1. The molecule has 0 aliphatic carbocycles. The highest BCUT2D eigenvalue weighted by Crippen LogP contribution is 2.20. The maximum atomic E-state index is 9.80. The van der Waals surface area contributed by atoms with Gasteiger partial charge in [-0.25, -0.2) is 0 Å². The standard InChI is InChI=1S/C11H17NO/c1-8-3-5-10(6-4-8)11(13)9(2)7-12/h3-6,9,11,13H,7,12H2,1-2H3. The Morgan fingerprint density at radius 3 is 2.31 bits per heavy atom. The molecule has 0 fully saturated rings. The first-order valence-electron chi connectivity index (χ1n) is 4.60. The third-order valence-corrected chi connectivity index (χ3v) is 2.33. The summed E-state index contributed by atoms with van der Waals surface area (Å²) in [6.45, 7) is 4.49. The van der Waals surface area contributed by atoms with Gasteiger partial charge in [-0.15, -0.1) is 0 Å². The van der Waals surface area contributed by atoms with Crippen LogP contribution in [0.3, 0.4) is 0 Å². The van der Waals surface area contributed by atoms with E-state index in [-0.39, 0.29) is 5.92 Å². The number of hydrogen-bond acceptors (Lipinski definition) is 2. The lowest BCUT2D eigenvalue weighted by Gasteiger charge is -2.17. The first-order chi connectivity index (χ1) is 6.15. The zero-order valence-electron chi connectivity index (χ0n) is 8.20. The van der Waals surface area contributed by atoms with Crippen molar-refractivity contribution >= 4 is 0 Å². The highest BCUT2D eigenvalue weighted by atomic mass is 16.3. The first-order valence-corrected chi connectivity index (χ1v) is 4.60. The van der Waals surface area contributed by atoms with Gasteiger partial charge in [0.15, 0.2) is 0 Å². The predicted molar refractivity (Wildman–Crippen MR) is 54.4 cm³/mol. The van der Waals surface area contributed by atoms with Crippen LogP contribution in [0, 0.1) is 12.8 Å². The second kappa shape index (κ2) is 4.40. The zero-order chi connectivity index (χ0) is 9.84. The molecule has 2 heteroatoms. The summed E-state index contributed by atoms with van der Waals surface area (Å²) in [6.07, 6.45) is -0.439. The minimum absolute atomic E-state index is 0.114. The van der Waals surface area contributed by atoms with Crippen molar-refractivity contribution in [3.63, 3.8) is 0 Å². The summed E-state index contributed by atoms with van der Waals surface area (Å²) in [7, 11) is 0. The second-order valence-electron chi connectivity index (χ2n) is 3.57. The van der Waals surface area contributed by atoms with Gasteiger partial charge in [-0.2, -0.15) is 0 Å². The summed E-state index contributed by atoms with van der Waals surface area (Å²) >= 11 is 0. The minimum atomic E-state index is -0.439. The lowest BCUT2D eigenvalue weighted by Crippen LogP contribution is -2.18. The van der Waals surface area contributed by atoms with Crippen LogP contribution in [-0.4, -0.2) is 11.7 Å². The summed E-state index contributed by atoms with van der Waals surface area (Å²) in [5.74, 6) is 0.114. The molecule has 0 aliphatic heterocycles. The summed E-state index contributed by atoms with van der Waals surface area (Å²) in [6, 6.07) is 7.90. The van der Waals surface area contributed by atoms with E-state index in [0.717, 1.165) is 5.56 Å². The zero-order valence-corrected chi connectivity index (χ0v) is 8.20. The minimum Gasteiger partial charge on any atom is -0.388 e. The number of aryl methyl sites for hydroxylation is 1. The lowest BCUT2D eigenvalue weighted by molar-refractivity contribution is 0.122. The van der Waals surface area contributed by atoms with Crippen molar-refractivity contribution in [3.05, 3.63) is 35.4 Å². The van der Waals surface area contributed by atoms with E-state index in [1.165, 1.54) is 5.56 Å². The lowest BCUT2D eigenvalue weighted by atomic mass is 9.97. The maximum absolute atomic E-state index is 9.80. The van der Waals surface area contributed by atoms with Crippen LogP contribution in [0.5, 0.6) is 0 Å². The first kappa shape index (κ1) is 10.2. The molecule has 2 nitrogen and oxygen atoms in total. The van der Waals surface area contributed by atoms with Gasteiger partial charge < -0.3 is 10.8 Å². The third-order valence-electron chi connectivity index (χ3n) is 2.33. The van der Waals surface area contributed by atoms with Crippen molar-refractivity contribution in [1.29, 1.82) is 0 Å². The maximum Gasteiger partial charge on any atom is 0.0827 e. The van der Waals surface area contributed by atoms with E-state index in [1.807, 2.05) is 38.1 Å². The average molecular weight is 179 g/mol. The molecule has 0 heterocycles. The summed E-state index contributed by atoms with van der Waals surface area (Å²) < 4.78 is 0. The van der Waals surface area contributed by atoms with Crippen LogP contribution in [0.25, 0.3) is 0 Å². The molecule has 0 saturated heterocycles. The van der Waals surface area contributed by atoms with Crippen molar-refractivity contribution in [2.75, 3.05) is 6.54 Å². The Morgan fingerprint density at radius 2 is 1.85 bits per heavy atom. The van der Waals surface area contributed by atoms with Gasteiger partial charge in [0.1, 0.15) is 0 Å². The Kier molecular flexibility index (Phi) is 3.46. The molecule has 0 amide bonds. The summed E-state index contributed by atoms with van der Waals surface area (Å²) in [5.41, 5.74) is 7.63. The van der Waals surface area contributed by atoms with Crippen LogP contribution in [0.1, 0.15) is 24.2 Å². The molecule has 0 spiro atoms. The molecule has 1 aromatic rings. The van der Waals surface area contributed by atoms with Crippen molar-refractivity contribution in [2.45, 2.75) is 20.0 Å². The van der Waals surface area contributed by atoms with E-state index >= 15 is 0 Å². The molecule has 2 atom stereocenters. The second-order valence-corrected chi connectivity index (χ2v) is 3.57. The van der Waals surface area contributed by atoms with E-state index in [2.05, 4.69) is 0 Å². The molecule has 3 N–H and O–H groups in total. The molecule has 0 aliphatic rings. The van der Waals surface area contributed by atoms with E-state index in [1.54, 1.807) is 0 Å². The fraction of sp³-hybridized carbons (Fsp3) is 0.455. The van der Waals surface area contributed by atoms with Crippen LogP contribution in [0.15, 0.2) is 24.3 Å². The van der Waals surface area contributed by atoms with Crippen LogP contribution in [-0.2, 0) is 0 Å². The van der Waals surface area contributed by atoms with Crippen molar-refractivity contribution in [2.24, 2.45) is 11.7 Å². The van der Waals surface area contributed by atoms with Crippen LogP contribution < -0.4 is 5.73 Å². The normalized spacial score (nSPS) is 15.4. The average Bonchev–Trinajstić information content (AvgIpc) is 2.17. The topological polar surface area (TPSA) is 46.2 Å². The molecule has 0 bridgehead atoms. The molecule has 0 saturated carbocycles. The van der Waals surface area contributed by atoms with Gasteiger partial charge in [0.05, 0.1) is 6.10 Å². The van der Waals surface area contributed by atoms with Crippen LogP contribution in [0.4, 0.5) is 0 Å². The van der Waals surface area contributed by atoms with Crippen molar-refractivity contribution in [1.82, 2.24) is 0 Å². The molecule has 2 unspecified atom stereocenters. The highest BCUT2D eigenvalue weighted by molar-refractivity contribution is 5.23. The van der Waals surface area contributed by atoms with Gasteiger partial charge in [-0.1, -0.05) is 36.8 Å². The molecular formula is C11H17NO. The van der Waals surface area contributed by atoms with E-state index in [4.69, 9.17) is 5.73 Å². The molecule has 13 heavy (non-hydrogen) atoms. The van der Waals surface area contributed by atoms with E-state index < -0.39 is 6.10 Å². The highest BCUT2D eigenvalue weighted by Gasteiger charge is 2.13. The molecule has 1 aromatic carbocycles. The SMILES string of the molecule is Cc1ccc(C(O)C(C)CN)cc1. The number of hydrogen-bond donors (Lipinski definition) is 2. The smallest absolute Gasteiger partial charge is 0.0827 e. The summed E-state index contributed by atoms with van der Waals surface area (Å²) in [5, 5.41) is 9.80. The van der Waals surface area contributed by atoms with Crippen molar-refractivity contribution in [3.8, 4) is 0 Å². The monoisotopic (exact) mass is 179 g/mol. The molecular weight excluding hydrogens is 162 g/mol. The Labute approximate surface area is 79.4 Å². The van der Waals surface area contributed by atoms with Gasteiger partial charge in [0, 0.05) is 0 Å². The number of rotatable bonds is 3. The van der Waals surface area contributed by atoms with Gasteiger partial charge in [-0.05, 0) is 24.9 Å². The number of aliphatic hydroxyl groups excluding tert-OH is 1. The molecule has 1 rings (SSSR count). The van der Waals surface area contributed by atoms with Gasteiger partial charge in [0.25, 0.3) is 0 Å². The Morgan fingerprint density at radius 1 is 1.31 bits per heavy atom. The Balaban J connectivity index is 2.77. The molecule has 72 valence electrons. The Hall–Kier alpha value is -0.860. The third kappa shape index (κ3) is 2.54. The Bertz CT molecular complexity index is 255.